The number of hydrogen-bond donors (Lipinski definition) is 2. The third-order valence-electron chi connectivity index (χ3n) is 4.93. The van der Waals surface area contributed by atoms with Crippen LogP contribution in [0, 0.1) is 0 Å². The molecule has 1 amide bonds. The zero-order valence-corrected chi connectivity index (χ0v) is 15.9. The lowest BCUT2D eigenvalue weighted by molar-refractivity contribution is 0.0962. The lowest BCUT2D eigenvalue weighted by Crippen LogP contribution is -2.31. The molecule has 0 spiro atoms. The Kier molecular flexibility index (Phi) is 5.29. The summed E-state index contributed by atoms with van der Waals surface area (Å²) in [6, 6.07) is 8.65. The molecule has 2 N–H and O–H groups in total. The van der Waals surface area contributed by atoms with Crippen molar-refractivity contribution < 1.29 is 4.79 Å². The van der Waals surface area contributed by atoms with Crippen molar-refractivity contribution in [3.05, 3.63) is 40.9 Å². The van der Waals surface area contributed by atoms with Crippen molar-refractivity contribution in [3.63, 3.8) is 0 Å². The summed E-state index contributed by atoms with van der Waals surface area (Å²) in [7, 11) is 0. The molecule has 4 rings (SSSR count). The van der Waals surface area contributed by atoms with E-state index in [1.54, 1.807) is 24.3 Å². The number of benzene rings is 1. The molecule has 1 aromatic heterocycles. The molecule has 0 radical (unpaired) electrons. The normalized spacial score (nSPS) is 16.6. The van der Waals surface area contributed by atoms with Crippen LogP contribution in [0.1, 0.15) is 36.0 Å². The number of carbonyl (C=O) groups is 1. The molecule has 0 atom stereocenters. The van der Waals surface area contributed by atoms with Gasteiger partial charge in [-0.15, -0.1) is 0 Å². The van der Waals surface area contributed by atoms with E-state index < -0.39 is 0 Å². The Balaban J connectivity index is 1.51. The topological polar surface area (TPSA) is 73.4 Å². The molecule has 0 bridgehead atoms. The van der Waals surface area contributed by atoms with Crippen molar-refractivity contribution >= 4 is 35.1 Å². The molecule has 142 valence electrons. The minimum atomic E-state index is -0.240. The van der Waals surface area contributed by atoms with E-state index in [0.29, 0.717) is 16.4 Å². The molecule has 27 heavy (non-hydrogen) atoms. The molecule has 2 aliphatic rings. The van der Waals surface area contributed by atoms with Crippen LogP contribution in [0.3, 0.4) is 0 Å². The first-order valence-electron chi connectivity index (χ1n) is 9.40. The number of hydrazine groups is 1. The third-order valence-corrected chi connectivity index (χ3v) is 5.18. The van der Waals surface area contributed by atoms with Crippen molar-refractivity contribution in [3.8, 4) is 0 Å². The summed E-state index contributed by atoms with van der Waals surface area (Å²) in [6.45, 7) is 3.96. The van der Waals surface area contributed by atoms with Gasteiger partial charge in [0.05, 0.1) is 0 Å². The van der Waals surface area contributed by atoms with E-state index in [-0.39, 0.29) is 5.91 Å². The van der Waals surface area contributed by atoms with Gasteiger partial charge in [-0.3, -0.25) is 15.6 Å². The van der Waals surface area contributed by atoms with Crippen molar-refractivity contribution in [2.24, 2.45) is 0 Å². The minimum absolute atomic E-state index is 0.240. The van der Waals surface area contributed by atoms with Crippen LogP contribution in [0.5, 0.6) is 0 Å². The van der Waals surface area contributed by atoms with Crippen molar-refractivity contribution in [2.45, 2.75) is 25.7 Å². The molecule has 0 saturated carbocycles. The first-order valence-corrected chi connectivity index (χ1v) is 9.78. The number of nitrogens with zero attached hydrogens (tertiary/aromatic N) is 4. The van der Waals surface area contributed by atoms with E-state index in [1.165, 1.54) is 12.8 Å². The number of aromatic nitrogens is 2. The molecule has 2 aromatic rings. The molecular formula is C19H23ClN6O. The number of carbonyl (C=O) groups excluding carboxylic acids is 1. The highest BCUT2D eigenvalue weighted by Crippen LogP contribution is 2.25. The van der Waals surface area contributed by atoms with Gasteiger partial charge in [0, 0.05) is 42.8 Å². The van der Waals surface area contributed by atoms with Crippen LogP contribution < -0.4 is 20.7 Å². The second kappa shape index (κ2) is 8.00. The Morgan fingerprint density at radius 3 is 2.22 bits per heavy atom. The molecule has 7 nitrogen and oxygen atoms in total. The van der Waals surface area contributed by atoms with E-state index >= 15 is 0 Å². The van der Waals surface area contributed by atoms with Crippen LogP contribution in [0.2, 0.25) is 5.02 Å². The molecule has 2 aliphatic heterocycles. The van der Waals surface area contributed by atoms with Crippen molar-refractivity contribution in [2.75, 3.05) is 41.4 Å². The number of hydrogen-bond acceptors (Lipinski definition) is 6. The Hall–Kier alpha value is -2.54. The van der Waals surface area contributed by atoms with E-state index in [1.807, 2.05) is 6.07 Å². The number of rotatable bonds is 5. The quantitative estimate of drug-likeness (QED) is 0.769. The van der Waals surface area contributed by atoms with Gasteiger partial charge in [0.2, 0.25) is 5.95 Å². The number of halogens is 1. The van der Waals surface area contributed by atoms with Crippen molar-refractivity contribution in [1.82, 2.24) is 15.4 Å². The largest absolute Gasteiger partial charge is 0.356 e. The van der Waals surface area contributed by atoms with Gasteiger partial charge in [-0.2, -0.15) is 9.97 Å². The van der Waals surface area contributed by atoms with Crippen LogP contribution in [0.4, 0.5) is 17.6 Å². The SMILES string of the molecule is O=C(NNc1cc(N2CCCC2)nc(N2CCCC2)n1)c1ccc(Cl)cc1. The van der Waals surface area contributed by atoms with Gasteiger partial charge < -0.3 is 9.80 Å². The van der Waals surface area contributed by atoms with E-state index in [0.717, 1.165) is 50.8 Å². The average molecular weight is 387 g/mol. The summed E-state index contributed by atoms with van der Waals surface area (Å²) in [4.78, 5) is 26.2. The second-order valence-electron chi connectivity index (χ2n) is 6.89. The summed E-state index contributed by atoms with van der Waals surface area (Å²) < 4.78 is 0. The summed E-state index contributed by atoms with van der Waals surface area (Å²) in [5, 5.41) is 0.598. The smallest absolute Gasteiger partial charge is 0.269 e. The summed E-state index contributed by atoms with van der Waals surface area (Å²) in [6.07, 6.45) is 4.68. The van der Waals surface area contributed by atoms with Gasteiger partial charge in [-0.1, -0.05) is 11.6 Å². The highest BCUT2D eigenvalue weighted by Gasteiger charge is 2.20. The number of anilines is 3. The van der Waals surface area contributed by atoms with Crippen LogP contribution >= 0.6 is 11.6 Å². The fraction of sp³-hybridized carbons (Fsp3) is 0.421. The monoisotopic (exact) mass is 386 g/mol. The number of nitrogens with one attached hydrogen (secondary N) is 2. The van der Waals surface area contributed by atoms with Crippen LogP contribution in [0.15, 0.2) is 30.3 Å². The lowest BCUT2D eigenvalue weighted by Gasteiger charge is -2.22. The first-order chi connectivity index (χ1) is 13.2. The zero-order valence-electron chi connectivity index (χ0n) is 15.1. The minimum Gasteiger partial charge on any atom is -0.356 e. The number of amides is 1. The van der Waals surface area contributed by atoms with Gasteiger partial charge in [0.15, 0.2) is 5.82 Å². The predicted octanol–water partition coefficient (Wildman–Crippen LogP) is 3.09. The van der Waals surface area contributed by atoms with E-state index in [4.69, 9.17) is 16.6 Å². The lowest BCUT2D eigenvalue weighted by atomic mass is 10.2. The maximum atomic E-state index is 12.3. The highest BCUT2D eigenvalue weighted by atomic mass is 35.5. The molecule has 3 heterocycles. The summed E-state index contributed by atoms with van der Waals surface area (Å²) in [5.74, 6) is 1.99. The maximum absolute atomic E-state index is 12.3. The van der Waals surface area contributed by atoms with Crippen molar-refractivity contribution in [1.29, 1.82) is 0 Å². The zero-order chi connectivity index (χ0) is 18.6. The summed E-state index contributed by atoms with van der Waals surface area (Å²) >= 11 is 5.87. The van der Waals surface area contributed by atoms with Crippen LogP contribution in [-0.2, 0) is 0 Å². The maximum Gasteiger partial charge on any atom is 0.269 e. The summed E-state index contributed by atoms with van der Waals surface area (Å²) in [5.41, 5.74) is 6.19. The van der Waals surface area contributed by atoms with Gasteiger partial charge in [0.1, 0.15) is 5.82 Å². The fourth-order valence-electron chi connectivity index (χ4n) is 3.45. The average Bonchev–Trinajstić information content (AvgIpc) is 3.40. The van der Waals surface area contributed by atoms with Gasteiger partial charge >= 0.3 is 0 Å². The molecule has 2 saturated heterocycles. The third kappa shape index (κ3) is 4.24. The van der Waals surface area contributed by atoms with E-state index in [9.17, 15) is 4.79 Å². The molecule has 0 aliphatic carbocycles. The van der Waals surface area contributed by atoms with Crippen LogP contribution in [0.25, 0.3) is 0 Å². The highest BCUT2D eigenvalue weighted by molar-refractivity contribution is 6.30. The first kappa shape index (κ1) is 17.9. The van der Waals surface area contributed by atoms with Gasteiger partial charge in [0.25, 0.3) is 5.91 Å². The molecule has 0 unspecified atom stereocenters. The fourth-order valence-corrected chi connectivity index (χ4v) is 3.57. The standard InChI is InChI=1S/C19H23ClN6O/c20-15-7-5-14(6-8-15)18(27)24-23-16-13-17(25-9-1-2-10-25)22-19(21-16)26-11-3-4-12-26/h5-8,13H,1-4,9-12H2,(H,24,27)(H,21,22,23). The second-order valence-corrected chi connectivity index (χ2v) is 7.32. The molecule has 2 fully saturated rings. The van der Waals surface area contributed by atoms with Crippen LogP contribution in [-0.4, -0.2) is 42.1 Å². The van der Waals surface area contributed by atoms with Gasteiger partial charge in [-0.05, 0) is 49.9 Å². The van der Waals surface area contributed by atoms with E-state index in [2.05, 4.69) is 25.6 Å². The Morgan fingerprint density at radius 1 is 0.926 bits per heavy atom. The Bertz CT molecular complexity index is 766. The molecule has 1 aromatic carbocycles. The molecular weight excluding hydrogens is 364 g/mol. The van der Waals surface area contributed by atoms with Gasteiger partial charge in [-0.25, -0.2) is 0 Å². The Morgan fingerprint density at radius 2 is 1.56 bits per heavy atom. The Labute approximate surface area is 163 Å². The molecule has 8 heteroatoms. The predicted molar refractivity (Wildman–Crippen MR) is 107 cm³/mol.